The second kappa shape index (κ2) is 4.98. The highest BCUT2D eigenvalue weighted by Gasteiger charge is 1.79. The highest BCUT2D eigenvalue weighted by molar-refractivity contribution is 4.74. The molecule has 0 rings (SSSR count). The predicted octanol–water partition coefficient (Wildman–Crippen LogP) is 1.20. The molecular formula is C5H6N2. The normalized spacial score (nSPS) is 25.4. The minimum Gasteiger partial charge on any atom is -0.198 e. The van der Waals surface area contributed by atoms with Crippen molar-refractivity contribution in [2.45, 2.75) is 19.1 Å². The number of nitriles is 2. The first-order chi connectivity index (χ1) is 5.62. The van der Waals surface area contributed by atoms with Crippen LogP contribution in [0.5, 0.6) is 0 Å². The summed E-state index contributed by atoms with van der Waals surface area (Å²) in [5, 5.41) is 16.5. The van der Waals surface area contributed by atoms with Gasteiger partial charge in [-0.05, 0) is 6.37 Å². The van der Waals surface area contributed by atoms with E-state index in [-0.39, 0.29) is 0 Å². The molecule has 0 N–H and O–H groups in total. The van der Waals surface area contributed by atoms with Gasteiger partial charge in [-0.3, -0.25) is 0 Å². The quantitative estimate of drug-likeness (QED) is 0.523. The molecule has 0 fully saturated rings. The molecule has 0 amide bonds. The third kappa shape index (κ3) is 4.98. The van der Waals surface area contributed by atoms with Crippen LogP contribution in [-0.4, -0.2) is 0 Å². The molecule has 0 aromatic rings. The Bertz CT molecular complexity index is 254. The van der Waals surface area contributed by atoms with Crippen molar-refractivity contribution in [1.29, 1.82) is 10.5 Å². The molecule has 0 bridgehead atoms. The summed E-state index contributed by atoms with van der Waals surface area (Å²) < 4.78 is 41.5. The zero-order chi connectivity index (χ0) is 10.9. The second-order valence-corrected chi connectivity index (χ2v) is 0.599. The van der Waals surface area contributed by atoms with Crippen molar-refractivity contribution in [3.05, 3.63) is 0 Å². The molecule has 0 saturated carbocycles. The van der Waals surface area contributed by atoms with Crippen LogP contribution in [0.1, 0.15) is 27.3 Å². The van der Waals surface area contributed by atoms with Gasteiger partial charge in [0.05, 0.1) is 12.1 Å². The molecule has 0 aromatic carbocycles. The maximum absolute atomic E-state index is 8.25. The van der Waals surface area contributed by atoms with Crippen LogP contribution in [0.15, 0.2) is 0 Å². The molecule has 0 radical (unpaired) electrons. The average Bonchev–Trinajstić information content (AvgIpc) is 2.03. The van der Waals surface area contributed by atoms with Gasteiger partial charge in [0.15, 0.2) is 0 Å². The van der Waals surface area contributed by atoms with Crippen molar-refractivity contribution < 1.29 is 8.22 Å². The zero-order valence-electron chi connectivity index (χ0n) is 9.39. The fourth-order valence-corrected chi connectivity index (χ4v) is 0.0872. The Morgan fingerprint density at radius 3 is 2.00 bits per heavy atom. The summed E-state index contributed by atoms with van der Waals surface area (Å²) in [5.41, 5.74) is 0. The smallest absolute Gasteiger partial charge is 0.0622 e. The lowest BCUT2D eigenvalue weighted by Gasteiger charge is -1.75. The van der Waals surface area contributed by atoms with E-state index in [4.69, 9.17) is 18.7 Å². The lowest BCUT2D eigenvalue weighted by molar-refractivity contribution is 0.885. The summed E-state index contributed by atoms with van der Waals surface area (Å²) in [6, 6.07) is 1.98. The summed E-state index contributed by atoms with van der Waals surface area (Å²) in [6.45, 7) is 0. The first-order valence-electron chi connectivity index (χ1n) is 4.45. The Labute approximate surface area is 51.4 Å². The molecule has 0 spiro atoms. The fraction of sp³-hybridized carbons (Fsp3) is 0.600. The van der Waals surface area contributed by atoms with E-state index < -0.39 is 19.1 Å². The highest BCUT2D eigenvalue weighted by Crippen LogP contribution is 1.88. The number of nitrogens with zero attached hydrogens (tertiary/aromatic N) is 2. The first kappa shape index (κ1) is 1.23. The molecule has 7 heavy (non-hydrogen) atoms. The second-order valence-electron chi connectivity index (χ2n) is 0.599. The molecule has 2 nitrogen and oxygen atoms in total. The number of rotatable bonds is 2. The molecule has 0 aliphatic carbocycles. The molecule has 2 heteroatoms. The van der Waals surface area contributed by atoms with Crippen molar-refractivity contribution >= 4 is 0 Å². The zero-order valence-corrected chi connectivity index (χ0v) is 3.39. The molecule has 0 aliphatic rings. The Morgan fingerprint density at radius 1 is 1.29 bits per heavy atom. The third-order valence-electron chi connectivity index (χ3n) is 0.237. The van der Waals surface area contributed by atoms with E-state index >= 15 is 0 Å². The molecule has 36 valence electrons. The van der Waals surface area contributed by atoms with Gasteiger partial charge in [0.25, 0.3) is 0 Å². The van der Waals surface area contributed by atoms with Crippen LogP contribution in [0.3, 0.4) is 0 Å². The van der Waals surface area contributed by atoms with Gasteiger partial charge in [0.2, 0.25) is 0 Å². The van der Waals surface area contributed by atoms with Crippen LogP contribution in [0.4, 0.5) is 0 Å². The number of hydrogen-bond donors (Lipinski definition) is 0. The average molecular weight is 100 g/mol. The van der Waals surface area contributed by atoms with Gasteiger partial charge in [-0.2, -0.15) is 10.5 Å². The van der Waals surface area contributed by atoms with E-state index in [1.807, 2.05) is 0 Å². The summed E-state index contributed by atoms with van der Waals surface area (Å²) >= 11 is 0. The minimum absolute atomic E-state index is 0.989. The monoisotopic (exact) mass is 100 g/mol. The van der Waals surface area contributed by atoms with Crippen LogP contribution < -0.4 is 0 Å². The van der Waals surface area contributed by atoms with Gasteiger partial charge < -0.3 is 0 Å². The molecule has 0 aliphatic heterocycles. The van der Waals surface area contributed by atoms with E-state index in [1.165, 1.54) is 0 Å². The first-order valence-corrected chi connectivity index (χ1v) is 1.45. The van der Waals surface area contributed by atoms with Crippen LogP contribution in [0.25, 0.3) is 0 Å². The lowest BCUT2D eigenvalue weighted by Crippen LogP contribution is -1.65. The summed E-state index contributed by atoms with van der Waals surface area (Å²) in [6.07, 6.45) is -9.23. The van der Waals surface area contributed by atoms with Crippen molar-refractivity contribution in [2.75, 3.05) is 0 Å². The van der Waals surface area contributed by atoms with Crippen LogP contribution in [0.2, 0.25) is 0 Å². The van der Waals surface area contributed by atoms with Gasteiger partial charge in [-0.15, -0.1) is 0 Å². The Morgan fingerprint density at radius 2 is 1.71 bits per heavy atom. The Kier molecular flexibility index (Phi) is 0.875. The van der Waals surface area contributed by atoms with E-state index in [0.29, 0.717) is 0 Å². The molecular weight excluding hydrogens is 88.1 g/mol. The van der Waals surface area contributed by atoms with E-state index in [1.54, 1.807) is 0 Å². The van der Waals surface area contributed by atoms with E-state index in [9.17, 15) is 0 Å². The lowest BCUT2D eigenvalue weighted by atomic mass is 10.3. The molecule has 0 heterocycles. The predicted molar refractivity (Wildman–Crippen MR) is 25.1 cm³/mol. The maximum Gasteiger partial charge on any atom is 0.0622 e. The van der Waals surface area contributed by atoms with Crippen molar-refractivity contribution in [1.82, 2.24) is 0 Å². The molecule has 0 saturated heterocycles. The molecule has 0 atom stereocenters. The summed E-state index contributed by atoms with van der Waals surface area (Å²) in [4.78, 5) is 0. The highest BCUT2D eigenvalue weighted by atomic mass is 14.2. The van der Waals surface area contributed by atoms with Crippen molar-refractivity contribution in [3.63, 3.8) is 0 Å². The van der Waals surface area contributed by atoms with Gasteiger partial charge in [0.1, 0.15) is 0 Å². The van der Waals surface area contributed by atoms with Crippen molar-refractivity contribution in [3.8, 4) is 12.1 Å². The SMILES string of the molecule is [2H]C([2H])(C#N)C([2H])([2H])C([2H])([2H])C#N. The van der Waals surface area contributed by atoms with Gasteiger partial charge >= 0.3 is 0 Å². The largest absolute Gasteiger partial charge is 0.198 e. The third-order valence-corrected chi connectivity index (χ3v) is 0.237. The summed E-state index contributed by atoms with van der Waals surface area (Å²) in [7, 11) is 0. The standard InChI is InChI=1S/C5H6N2/c6-4-2-1-3-5-7/h1-3H2/i1D2,2D2,3D2. The maximum atomic E-state index is 8.25. The van der Waals surface area contributed by atoms with Gasteiger partial charge in [-0.25, -0.2) is 0 Å². The van der Waals surface area contributed by atoms with Crippen LogP contribution in [0, 0.1) is 22.7 Å². The summed E-state index contributed by atoms with van der Waals surface area (Å²) in [5.74, 6) is 0. The molecule has 0 unspecified atom stereocenters. The molecule has 0 aromatic heterocycles. The van der Waals surface area contributed by atoms with E-state index in [2.05, 4.69) is 0 Å². The van der Waals surface area contributed by atoms with Crippen LogP contribution in [-0.2, 0) is 0 Å². The Hall–Kier alpha value is -1.02. The Balaban J connectivity index is 5.26. The van der Waals surface area contributed by atoms with Crippen LogP contribution >= 0.6 is 0 Å². The topological polar surface area (TPSA) is 47.6 Å². The minimum atomic E-state index is -3.16. The fourth-order valence-electron chi connectivity index (χ4n) is 0.0872. The number of hydrogen-bond acceptors (Lipinski definition) is 2. The van der Waals surface area contributed by atoms with Crippen molar-refractivity contribution in [2.24, 2.45) is 0 Å². The van der Waals surface area contributed by atoms with Gasteiger partial charge in [0, 0.05) is 21.0 Å². The van der Waals surface area contributed by atoms with E-state index in [0.717, 1.165) is 12.1 Å². The van der Waals surface area contributed by atoms with Gasteiger partial charge in [-0.1, -0.05) is 0 Å².